The molecule has 0 saturated carbocycles. The van der Waals surface area contributed by atoms with E-state index in [0.29, 0.717) is 31.9 Å². The number of rotatable bonds is 3. The Kier molecular flexibility index (Phi) is 4.61. The van der Waals surface area contributed by atoms with Crippen LogP contribution in [0.15, 0.2) is 30.6 Å². The first-order chi connectivity index (χ1) is 10.7. The maximum atomic E-state index is 13.3. The highest BCUT2D eigenvalue weighted by atomic mass is 19.1. The zero-order valence-electron chi connectivity index (χ0n) is 12.6. The molecule has 0 spiro atoms. The van der Waals surface area contributed by atoms with Crippen LogP contribution in [0, 0.1) is 0 Å². The second kappa shape index (κ2) is 6.64. The molecule has 1 saturated heterocycles. The maximum absolute atomic E-state index is 13.3. The number of ether oxygens (including phenoxy) is 1. The average molecular weight is 305 g/mol. The molecule has 2 unspecified atom stereocenters. The Morgan fingerprint density at radius 1 is 1.41 bits per heavy atom. The predicted octanol–water partition coefficient (Wildman–Crippen LogP) is 0.976. The molecule has 6 heteroatoms. The molecule has 0 aromatic carbocycles. The topological polar surface area (TPSA) is 45.7 Å². The molecule has 1 aromatic rings. The predicted molar refractivity (Wildman–Crippen MR) is 80.9 cm³/mol. The van der Waals surface area contributed by atoms with Crippen molar-refractivity contribution in [2.24, 2.45) is 0 Å². The van der Waals surface area contributed by atoms with E-state index in [9.17, 15) is 9.18 Å². The number of pyridine rings is 1. The summed E-state index contributed by atoms with van der Waals surface area (Å²) in [4.78, 5) is 20.8. The Morgan fingerprint density at radius 3 is 2.91 bits per heavy atom. The Morgan fingerprint density at radius 2 is 2.18 bits per heavy atom. The number of ketones is 1. The van der Waals surface area contributed by atoms with E-state index < -0.39 is 12.8 Å². The standard InChI is InChI=1S/C16H20FN3O2/c1-19-7-4-14(12-2-5-18-6-3-12)15(21)16(19)20-8-9-22-11-13(20)10-17/h2-6,13,16H,7-11H2,1H3. The van der Waals surface area contributed by atoms with Gasteiger partial charge in [-0.15, -0.1) is 0 Å². The molecule has 22 heavy (non-hydrogen) atoms. The van der Waals surface area contributed by atoms with Gasteiger partial charge in [0.1, 0.15) is 12.8 Å². The number of morpholine rings is 1. The third-order valence-corrected chi connectivity index (χ3v) is 4.26. The van der Waals surface area contributed by atoms with E-state index in [0.717, 1.165) is 5.56 Å². The van der Waals surface area contributed by atoms with Crippen molar-refractivity contribution in [2.45, 2.75) is 12.2 Å². The number of hydrogen-bond donors (Lipinski definition) is 0. The summed E-state index contributed by atoms with van der Waals surface area (Å²) in [6.07, 6.45) is 4.85. The number of likely N-dealkylation sites (N-methyl/N-ethyl adjacent to an activating group) is 1. The Balaban J connectivity index is 1.88. The van der Waals surface area contributed by atoms with Crippen molar-refractivity contribution in [1.29, 1.82) is 0 Å². The normalized spacial score (nSPS) is 27.7. The molecule has 5 nitrogen and oxygen atoms in total. The number of carbonyl (C=O) groups is 1. The second-order valence-electron chi connectivity index (χ2n) is 5.65. The van der Waals surface area contributed by atoms with Crippen LogP contribution in [0.4, 0.5) is 4.39 Å². The van der Waals surface area contributed by atoms with Gasteiger partial charge in [0.25, 0.3) is 0 Å². The summed E-state index contributed by atoms with van der Waals surface area (Å²) in [6, 6.07) is 3.30. The first kappa shape index (κ1) is 15.3. The van der Waals surface area contributed by atoms with E-state index in [1.54, 1.807) is 12.4 Å². The summed E-state index contributed by atoms with van der Waals surface area (Å²) in [5.74, 6) is 0.0142. The van der Waals surface area contributed by atoms with Gasteiger partial charge >= 0.3 is 0 Å². The van der Waals surface area contributed by atoms with E-state index in [-0.39, 0.29) is 11.8 Å². The number of Topliss-reactive ketones (excluding diaryl/α,β-unsaturated/α-hetero) is 1. The molecule has 2 aliphatic rings. The van der Waals surface area contributed by atoms with Gasteiger partial charge in [0.15, 0.2) is 5.78 Å². The third-order valence-electron chi connectivity index (χ3n) is 4.26. The molecule has 1 aromatic heterocycles. The van der Waals surface area contributed by atoms with Gasteiger partial charge in [-0.05, 0) is 24.7 Å². The summed E-state index contributed by atoms with van der Waals surface area (Å²) >= 11 is 0. The lowest BCUT2D eigenvalue weighted by Gasteiger charge is -2.44. The summed E-state index contributed by atoms with van der Waals surface area (Å²) in [7, 11) is 1.90. The molecule has 2 atom stereocenters. The first-order valence-corrected chi connectivity index (χ1v) is 7.47. The largest absolute Gasteiger partial charge is 0.378 e. The number of halogens is 1. The number of hydrogen-bond acceptors (Lipinski definition) is 5. The van der Waals surface area contributed by atoms with E-state index in [2.05, 4.69) is 4.98 Å². The molecular formula is C16H20FN3O2. The van der Waals surface area contributed by atoms with E-state index in [1.165, 1.54) is 0 Å². The lowest BCUT2D eigenvalue weighted by atomic mass is 9.95. The number of nitrogens with zero attached hydrogens (tertiary/aromatic N) is 3. The first-order valence-electron chi connectivity index (χ1n) is 7.47. The molecule has 2 aliphatic heterocycles. The van der Waals surface area contributed by atoms with Crippen LogP contribution in [0.5, 0.6) is 0 Å². The smallest absolute Gasteiger partial charge is 0.195 e. The van der Waals surface area contributed by atoms with Crippen LogP contribution in [0.2, 0.25) is 0 Å². The monoisotopic (exact) mass is 305 g/mol. The summed E-state index contributed by atoms with van der Waals surface area (Å²) in [6.45, 7) is 1.58. The third kappa shape index (κ3) is 2.82. The molecule has 3 heterocycles. The highest BCUT2D eigenvalue weighted by Gasteiger charge is 2.39. The summed E-state index contributed by atoms with van der Waals surface area (Å²) in [5, 5.41) is 0. The molecule has 118 valence electrons. The second-order valence-corrected chi connectivity index (χ2v) is 5.65. The van der Waals surface area contributed by atoms with Gasteiger partial charge in [0, 0.05) is 31.1 Å². The van der Waals surface area contributed by atoms with Crippen LogP contribution in [-0.4, -0.2) is 72.8 Å². The molecule has 0 bridgehead atoms. The van der Waals surface area contributed by atoms with E-state index >= 15 is 0 Å². The van der Waals surface area contributed by atoms with Crippen LogP contribution in [-0.2, 0) is 9.53 Å². The average Bonchev–Trinajstić information content (AvgIpc) is 2.56. The van der Waals surface area contributed by atoms with E-state index in [4.69, 9.17) is 4.74 Å². The van der Waals surface area contributed by atoms with Gasteiger partial charge in [-0.25, -0.2) is 4.39 Å². The van der Waals surface area contributed by atoms with Crippen LogP contribution in [0.1, 0.15) is 5.56 Å². The van der Waals surface area contributed by atoms with Crippen LogP contribution < -0.4 is 0 Å². The fourth-order valence-electron chi connectivity index (χ4n) is 3.09. The van der Waals surface area contributed by atoms with Crippen LogP contribution >= 0.6 is 0 Å². The zero-order chi connectivity index (χ0) is 15.5. The fourth-order valence-corrected chi connectivity index (χ4v) is 3.09. The summed E-state index contributed by atoms with van der Waals surface area (Å²) in [5.41, 5.74) is 1.55. The summed E-state index contributed by atoms with van der Waals surface area (Å²) < 4.78 is 18.6. The minimum Gasteiger partial charge on any atom is -0.378 e. The zero-order valence-corrected chi connectivity index (χ0v) is 12.6. The van der Waals surface area contributed by atoms with E-state index in [1.807, 2.05) is 35.1 Å². The van der Waals surface area contributed by atoms with Gasteiger partial charge in [-0.3, -0.25) is 19.6 Å². The van der Waals surface area contributed by atoms with Crippen molar-refractivity contribution < 1.29 is 13.9 Å². The molecule has 0 radical (unpaired) electrons. The van der Waals surface area contributed by atoms with Crippen molar-refractivity contribution in [3.8, 4) is 0 Å². The number of aromatic nitrogens is 1. The molecule has 3 rings (SSSR count). The molecule has 0 amide bonds. The Bertz CT molecular complexity index is 564. The van der Waals surface area contributed by atoms with Crippen molar-refractivity contribution in [1.82, 2.24) is 14.8 Å². The van der Waals surface area contributed by atoms with Gasteiger partial charge in [-0.2, -0.15) is 0 Å². The molecule has 0 aliphatic carbocycles. The van der Waals surface area contributed by atoms with Gasteiger partial charge < -0.3 is 4.74 Å². The lowest BCUT2D eigenvalue weighted by molar-refractivity contribution is -0.133. The fraction of sp³-hybridized carbons (Fsp3) is 0.500. The SMILES string of the molecule is CN1CC=C(c2ccncc2)C(=O)C1N1CCOCC1CF. The lowest BCUT2D eigenvalue weighted by Crippen LogP contribution is -2.61. The maximum Gasteiger partial charge on any atom is 0.195 e. The van der Waals surface area contributed by atoms with Crippen LogP contribution in [0.25, 0.3) is 5.57 Å². The minimum atomic E-state index is -0.508. The van der Waals surface area contributed by atoms with Gasteiger partial charge in [0.2, 0.25) is 0 Å². The highest BCUT2D eigenvalue weighted by Crippen LogP contribution is 2.26. The molecule has 0 N–H and O–H groups in total. The Hall–Kier alpha value is -1.63. The van der Waals surface area contributed by atoms with Crippen molar-refractivity contribution in [2.75, 3.05) is 40.0 Å². The van der Waals surface area contributed by atoms with Crippen molar-refractivity contribution in [3.05, 3.63) is 36.2 Å². The molecular weight excluding hydrogens is 285 g/mol. The minimum absolute atomic E-state index is 0.0142. The molecule has 1 fully saturated rings. The Labute approximate surface area is 129 Å². The van der Waals surface area contributed by atoms with Gasteiger partial charge in [-0.1, -0.05) is 6.08 Å². The highest BCUT2D eigenvalue weighted by molar-refractivity contribution is 6.23. The van der Waals surface area contributed by atoms with Crippen LogP contribution in [0.3, 0.4) is 0 Å². The van der Waals surface area contributed by atoms with Gasteiger partial charge in [0.05, 0.1) is 19.3 Å². The van der Waals surface area contributed by atoms with Crippen molar-refractivity contribution in [3.63, 3.8) is 0 Å². The quantitative estimate of drug-likeness (QED) is 0.833. The number of alkyl halides is 1. The van der Waals surface area contributed by atoms with Crippen molar-refractivity contribution >= 4 is 11.4 Å². The number of carbonyl (C=O) groups excluding carboxylic acids is 1.